The van der Waals surface area contributed by atoms with E-state index < -0.39 is 0 Å². The predicted molar refractivity (Wildman–Crippen MR) is 272 cm³/mol. The zero-order valence-corrected chi connectivity index (χ0v) is 36.4. The molecule has 0 saturated heterocycles. The van der Waals surface area contributed by atoms with Crippen molar-refractivity contribution in [3.63, 3.8) is 0 Å². The summed E-state index contributed by atoms with van der Waals surface area (Å²) in [5.74, 6) is 0. The van der Waals surface area contributed by atoms with Crippen LogP contribution in [-0.2, 0) is 0 Å². The van der Waals surface area contributed by atoms with Crippen LogP contribution in [-0.4, -0.2) is 0 Å². The van der Waals surface area contributed by atoms with Crippen LogP contribution in [0.1, 0.15) is 22.3 Å². The molecule has 0 spiro atoms. The van der Waals surface area contributed by atoms with Crippen molar-refractivity contribution in [2.24, 2.45) is 0 Å². The van der Waals surface area contributed by atoms with Gasteiger partial charge in [0.05, 0.1) is 22.7 Å². The number of fused-ring (bicyclic) bond motifs is 13. The van der Waals surface area contributed by atoms with Crippen LogP contribution < -0.4 is 9.80 Å². The average molecular weight is 839 g/mol. The van der Waals surface area contributed by atoms with Crippen LogP contribution in [0.15, 0.2) is 195 Å². The van der Waals surface area contributed by atoms with Gasteiger partial charge in [-0.25, -0.2) is 0 Å². The van der Waals surface area contributed by atoms with Crippen molar-refractivity contribution >= 4 is 121 Å². The maximum atomic E-state index is 7.19. The van der Waals surface area contributed by atoms with E-state index in [-0.39, 0.29) is 0 Å². The summed E-state index contributed by atoms with van der Waals surface area (Å²) in [4.78, 5) is 4.78. The summed E-state index contributed by atoms with van der Waals surface area (Å²) in [6, 6.07) is 65.0. The van der Waals surface area contributed by atoms with Crippen molar-refractivity contribution in [1.29, 1.82) is 0 Å². The van der Waals surface area contributed by atoms with Crippen LogP contribution in [0, 0.1) is 27.7 Å². The van der Waals surface area contributed by atoms with Gasteiger partial charge in [-0.3, -0.25) is 0 Å². The first-order chi connectivity index (χ1) is 31.9. The summed E-state index contributed by atoms with van der Waals surface area (Å²) < 4.78 is 21.0. The van der Waals surface area contributed by atoms with Gasteiger partial charge < -0.3 is 23.1 Å². The number of benzene rings is 10. The highest BCUT2D eigenvalue weighted by atomic mass is 16.3. The molecule has 0 unspecified atom stereocenters. The number of rotatable bonds is 6. The summed E-state index contributed by atoms with van der Waals surface area (Å²) >= 11 is 0. The van der Waals surface area contributed by atoms with Gasteiger partial charge in [0, 0.05) is 65.2 Å². The van der Waals surface area contributed by atoms with Gasteiger partial charge in [-0.05, 0) is 86.3 Å². The van der Waals surface area contributed by atoms with E-state index in [1.54, 1.807) is 0 Å². The van der Waals surface area contributed by atoms with E-state index in [0.717, 1.165) is 144 Å². The zero-order chi connectivity index (χ0) is 43.5. The molecule has 0 atom stereocenters. The number of furan rings is 3. The molecule has 65 heavy (non-hydrogen) atoms. The maximum absolute atomic E-state index is 7.19. The summed E-state index contributed by atoms with van der Waals surface area (Å²) in [6.07, 6.45) is 0. The third kappa shape index (κ3) is 5.45. The molecule has 0 saturated carbocycles. The fraction of sp³-hybridized carbons (Fsp3) is 0.0667. The molecule has 10 aromatic carbocycles. The molecule has 5 heteroatoms. The fourth-order valence-electron chi connectivity index (χ4n) is 10.4. The average Bonchev–Trinajstić information content (AvgIpc) is 4.04. The lowest BCUT2D eigenvalue weighted by atomic mass is 9.98. The Bertz CT molecular complexity index is 3830. The highest BCUT2D eigenvalue weighted by Gasteiger charge is 2.28. The molecule has 0 amide bonds. The number of para-hydroxylation sites is 6. The zero-order valence-electron chi connectivity index (χ0n) is 36.4. The lowest BCUT2D eigenvalue weighted by Crippen LogP contribution is -2.12. The molecular weight excluding hydrogens is 797 g/mol. The molecule has 310 valence electrons. The largest absolute Gasteiger partial charge is 0.455 e. The number of aryl methyl sites for hydroxylation is 4. The molecule has 3 heterocycles. The first-order valence-electron chi connectivity index (χ1n) is 22.3. The van der Waals surface area contributed by atoms with E-state index in [0.29, 0.717) is 0 Å². The van der Waals surface area contributed by atoms with Gasteiger partial charge in [0.15, 0.2) is 11.2 Å². The molecule has 0 radical (unpaired) electrons. The van der Waals surface area contributed by atoms with Gasteiger partial charge >= 0.3 is 0 Å². The van der Waals surface area contributed by atoms with E-state index in [1.807, 2.05) is 0 Å². The van der Waals surface area contributed by atoms with Crippen LogP contribution in [0.25, 0.3) is 87.4 Å². The Balaban J connectivity index is 1.15. The normalized spacial score (nSPS) is 12.0. The molecule has 0 aliphatic carbocycles. The van der Waals surface area contributed by atoms with Crippen molar-refractivity contribution in [1.82, 2.24) is 0 Å². The Labute approximate surface area is 374 Å². The minimum absolute atomic E-state index is 0.846. The van der Waals surface area contributed by atoms with Crippen LogP contribution in [0.2, 0.25) is 0 Å². The Kier molecular flexibility index (Phi) is 8.10. The standard InChI is InChI=1S/C60H42N2O3/c1-35-17-5-11-29-49(35)61(51-31-15-27-45-43-25-13-19-37(3)55(43)63-59(45)51)53-33-47-48-34-54(40-22-8-10-24-42(40)58(48)65-57(47)41-23-9-7-21-39(41)53)62(50-30-12-6-18-36(50)2)52-32-16-28-46-44-26-14-20-38(4)56(44)64-60(46)52/h5-34H,1-4H3. The molecule has 0 bridgehead atoms. The molecule has 5 nitrogen and oxygen atoms in total. The van der Waals surface area contributed by atoms with Crippen molar-refractivity contribution in [2.45, 2.75) is 27.7 Å². The molecule has 0 fully saturated rings. The molecule has 0 aliphatic heterocycles. The number of hydrogen-bond acceptors (Lipinski definition) is 5. The van der Waals surface area contributed by atoms with Gasteiger partial charge in [0.2, 0.25) is 0 Å². The summed E-state index contributed by atoms with van der Waals surface area (Å²) in [5, 5.41) is 10.6. The second-order valence-corrected chi connectivity index (χ2v) is 17.4. The Hall–Kier alpha value is -8.28. The van der Waals surface area contributed by atoms with Crippen LogP contribution in [0.3, 0.4) is 0 Å². The van der Waals surface area contributed by atoms with E-state index >= 15 is 0 Å². The van der Waals surface area contributed by atoms with Crippen molar-refractivity contribution in [2.75, 3.05) is 9.80 Å². The maximum Gasteiger partial charge on any atom is 0.159 e. The fourth-order valence-corrected chi connectivity index (χ4v) is 10.4. The van der Waals surface area contributed by atoms with Gasteiger partial charge in [-0.15, -0.1) is 0 Å². The van der Waals surface area contributed by atoms with Crippen LogP contribution in [0.5, 0.6) is 0 Å². The van der Waals surface area contributed by atoms with Crippen molar-refractivity contribution in [3.8, 4) is 0 Å². The van der Waals surface area contributed by atoms with E-state index in [1.165, 1.54) is 0 Å². The summed E-state index contributed by atoms with van der Waals surface area (Å²) in [7, 11) is 0. The topological polar surface area (TPSA) is 45.9 Å². The summed E-state index contributed by atoms with van der Waals surface area (Å²) in [6.45, 7) is 8.60. The van der Waals surface area contributed by atoms with Gasteiger partial charge in [-0.2, -0.15) is 0 Å². The van der Waals surface area contributed by atoms with Crippen LogP contribution >= 0.6 is 0 Å². The molecular formula is C60H42N2O3. The molecule has 3 aromatic heterocycles. The Morgan fingerprint density at radius 3 is 0.954 bits per heavy atom. The third-order valence-corrected chi connectivity index (χ3v) is 13.5. The van der Waals surface area contributed by atoms with E-state index in [9.17, 15) is 0 Å². The number of nitrogens with zero attached hydrogens (tertiary/aromatic N) is 2. The first-order valence-corrected chi connectivity index (χ1v) is 22.3. The highest BCUT2D eigenvalue weighted by molar-refractivity contribution is 6.26. The first kappa shape index (κ1) is 37.3. The Morgan fingerprint density at radius 2 is 0.523 bits per heavy atom. The van der Waals surface area contributed by atoms with Gasteiger partial charge in [-0.1, -0.05) is 146 Å². The number of anilines is 6. The van der Waals surface area contributed by atoms with Crippen molar-refractivity contribution < 1.29 is 13.3 Å². The minimum atomic E-state index is 0.846. The molecule has 13 aromatic rings. The molecule has 0 aliphatic rings. The lowest BCUT2D eigenvalue weighted by molar-refractivity contribution is 0.665. The Morgan fingerprint density at radius 1 is 0.231 bits per heavy atom. The highest BCUT2D eigenvalue weighted by Crippen LogP contribution is 2.52. The monoisotopic (exact) mass is 838 g/mol. The van der Waals surface area contributed by atoms with E-state index in [2.05, 4.69) is 219 Å². The third-order valence-electron chi connectivity index (χ3n) is 13.5. The smallest absolute Gasteiger partial charge is 0.159 e. The number of hydrogen-bond donors (Lipinski definition) is 0. The predicted octanol–water partition coefficient (Wildman–Crippen LogP) is 17.9. The summed E-state index contributed by atoms with van der Waals surface area (Å²) in [5.41, 5.74) is 15.9. The van der Waals surface area contributed by atoms with Gasteiger partial charge in [0.1, 0.15) is 22.3 Å². The quantitative estimate of drug-likeness (QED) is 0.167. The second kappa shape index (κ2) is 14.1. The van der Waals surface area contributed by atoms with Crippen LogP contribution in [0.4, 0.5) is 34.1 Å². The molecule has 0 N–H and O–H groups in total. The lowest BCUT2D eigenvalue weighted by Gasteiger charge is -2.29. The minimum Gasteiger partial charge on any atom is -0.455 e. The SMILES string of the molecule is Cc1ccccc1N(c1cc2c3cc(N(c4ccccc4C)c4cccc5c4oc4c(C)cccc45)c4ccccc4c3oc2c2ccccc12)c1cccc2c1oc1c(C)cccc12. The second-order valence-electron chi connectivity index (χ2n) is 17.4. The molecule has 13 rings (SSSR count). The van der Waals surface area contributed by atoms with E-state index in [4.69, 9.17) is 13.3 Å². The van der Waals surface area contributed by atoms with Crippen molar-refractivity contribution in [3.05, 3.63) is 204 Å². The van der Waals surface area contributed by atoms with Gasteiger partial charge in [0.25, 0.3) is 0 Å².